The van der Waals surface area contributed by atoms with Crippen LogP contribution in [0.4, 0.5) is 4.79 Å². The number of piperazine rings is 1. The lowest BCUT2D eigenvalue weighted by Gasteiger charge is -2.35. The van der Waals surface area contributed by atoms with Crippen molar-refractivity contribution in [1.29, 1.82) is 0 Å². The van der Waals surface area contributed by atoms with Gasteiger partial charge in [-0.2, -0.15) is 0 Å². The fourth-order valence-corrected chi connectivity index (χ4v) is 2.22. The minimum absolute atomic E-state index is 0.0768. The predicted octanol–water partition coefficient (Wildman–Crippen LogP) is 1.24. The number of carbonyl (C=O) groups is 1. The van der Waals surface area contributed by atoms with Gasteiger partial charge in [0.05, 0.1) is 6.54 Å². The molecule has 1 fully saturated rings. The highest BCUT2D eigenvalue weighted by atomic mass is 16.6. The summed E-state index contributed by atoms with van der Waals surface area (Å²) in [6.45, 7) is 16.3. The Bertz CT molecular complexity index is 415. The van der Waals surface area contributed by atoms with Crippen molar-refractivity contribution in [3.63, 3.8) is 0 Å². The van der Waals surface area contributed by atoms with Gasteiger partial charge in [-0.25, -0.2) is 4.79 Å². The molecular weight excluding hydrogens is 294 g/mol. The first-order chi connectivity index (χ1) is 10.5. The second kappa shape index (κ2) is 7.86. The number of ether oxygens (including phenoxy) is 1. The number of nitrogens with zero attached hydrogens (tertiary/aromatic N) is 3. The van der Waals surface area contributed by atoms with Gasteiger partial charge in [0.2, 0.25) is 0 Å². The number of hydrogen-bond donors (Lipinski definition) is 2. The van der Waals surface area contributed by atoms with Gasteiger partial charge in [0.15, 0.2) is 5.96 Å². The monoisotopic (exact) mass is 327 g/mol. The van der Waals surface area contributed by atoms with Crippen LogP contribution in [0.25, 0.3) is 0 Å². The van der Waals surface area contributed by atoms with Crippen LogP contribution < -0.4 is 11.1 Å². The zero-order valence-corrected chi connectivity index (χ0v) is 15.5. The van der Waals surface area contributed by atoms with E-state index >= 15 is 0 Å². The molecule has 1 heterocycles. The number of rotatable bonds is 3. The van der Waals surface area contributed by atoms with Gasteiger partial charge in [0.1, 0.15) is 5.60 Å². The summed E-state index contributed by atoms with van der Waals surface area (Å²) < 4.78 is 5.39. The summed E-state index contributed by atoms with van der Waals surface area (Å²) >= 11 is 0. The number of hydrogen-bond acceptors (Lipinski definition) is 4. The van der Waals surface area contributed by atoms with Crippen LogP contribution in [-0.2, 0) is 4.74 Å². The minimum Gasteiger partial charge on any atom is -0.444 e. The third-order valence-electron chi connectivity index (χ3n) is 3.23. The summed E-state index contributed by atoms with van der Waals surface area (Å²) in [7, 11) is 0. The van der Waals surface area contributed by atoms with Gasteiger partial charge in [0.25, 0.3) is 0 Å². The van der Waals surface area contributed by atoms with Crippen molar-refractivity contribution in [3.8, 4) is 0 Å². The van der Waals surface area contributed by atoms with Crippen LogP contribution in [0.1, 0.15) is 41.5 Å². The molecule has 0 spiro atoms. The van der Waals surface area contributed by atoms with Crippen LogP contribution in [0.3, 0.4) is 0 Å². The van der Waals surface area contributed by atoms with Crippen molar-refractivity contribution in [3.05, 3.63) is 0 Å². The molecule has 1 amide bonds. The largest absolute Gasteiger partial charge is 0.444 e. The van der Waals surface area contributed by atoms with Crippen LogP contribution in [0, 0.1) is 0 Å². The van der Waals surface area contributed by atoms with Gasteiger partial charge >= 0.3 is 6.09 Å². The van der Waals surface area contributed by atoms with Crippen molar-refractivity contribution in [1.82, 2.24) is 15.1 Å². The van der Waals surface area contributed by atoms with Gasteiger partial charge in [-0.05, 0) is 41.5 Å². The second-order valence-electron chi connectivity index (χ2n) is 7.95. The Kier molecular flexibility index (Phi) is 6.68. The normalized spacial score (nSPS) is 18.0. The molecule has 0 aliphatic carbocycles. The van der Waals surface area contributed by atoms with E-state index in [0.717, 1.165) is 19.6 Å². The average Bonchev–Trinajstić information content (AvgIpc) is 2.35. The predicted molar refractivity (Wildman–Crippen MR) is 93.6 cm³/mol. The topological polar surface area (TPSA) is 83.2 Å². The third-order valence-corrected chi connectivity index (χ3v) is 3.23. The first kappa shape index (κ1) is 19.5. The molecule has 7 nitrogen and oxygen atoms in total. The van der Waals surface area contributed by atoms with E-state index in [0.29, 0.717) is 25.6 Å². The van der Waals surface area contributed by atoms with Gasteiger partial charge in [-0.1, -0.05) is 0 Å². The van der Waals surface area contributed by atoms with Crippen LogP contribution >= 0.6 is 0 Å². The van der Waals surface area contributed by atoms with Crippen LogP contribution in [0.15, 0.2) is 4.99 Å². The van der Waals surface area contributed by atoms with E-state index in [1.54, 1.807) is 4.90 Å². The summed E-state index contributed by atoms with van der Waals surface area (Å²) in [5.41, 5.74) is 5.33. The molecule has 1 saturated heterocycles. The molecule has 0 radical (unpaired) electrons. The van der Waals surface area contributed by atoms with Crippen molar-refractivity contribution in [2.24, 2.45) is 10.7 Å². The van der Waals surface area contributed by atoms with E-state index in [-0.39, 0.29) is 11.6 Å². The van der Waals surface area contributed by atoms with Crippen LogP contribution in [0.5, 0.6) is 0 Å². The first-order valence-electron chi connectivity index (χ1n) is 8.25. The summed E-state index contributed by atoms with van der Waals surface area (Å²) in [6.07, 6.45) is -0.228. The van der Waals surface area contributed by atoms with Crippen molar-refractivity contribution < 1.29 is 9.53 Å². The SMILES string of the molecule is CC(C)(C)NC(N)=NCCN1CCN(C(=O)OC(C)(C)C)CC1. The molecule has 0 unspecified atom stereocenters. The molecule has 134 valence electrons. The molecule has 0 bridgehead atoms. The lowest BCUT2D eigenvalue weighted by atomic mass is 10.1. The number of amides is 1. The number of carbonyl (C=O) groups excluding carboxylic acids is 1. The number of nitrogens with two attached hydrogens (primary N) is 1. The minimum atomic E-state index is -0.444. The maximum absolute atomic E-state index is 12.0. The highest BCUT2D eigenvalue weighted by molar-refractivity contribution is 5.78. The van der Waals surface area contributed by atoms with Crippen LogP contribution in [-0.4, -0.2) is 72.3 Å². The lowest BCUT2D eigenvalue weighted by Crippen LogP contribution is -2.50. The Labute approximate surface area is 140 Å². The summed E-state index contributed by atoms with van der Waals surface area (Å²) in [5.74, 6) is 0.477. The Balaban J connectivity index is 2.29. The van der Waals surface area contributed by atoms with E-state index in [2.05, 4.69) is 15.2 Å². The Morgan fingerprint density at radius 1 is 1.13 bits per heavy atom. The van der Waals surface area contributed by atoms with Gasteiger partial charge < -0.3 is 20.7 Å². The van der Waals surface area contributed by atoms with Crippen molar-refractivity contribution in [2.75, 3.05) is 39.3 Å². The Hall–Kier alpha value is -1.50. The maximum atomic E-state index is 12.0. The average molecular weight is 327 g/mol. The standard InChI is InChI=1S/C16H33N5O2/c1-15(2,3)19-13(17)18-7-8-20-9-11-21(12-10-20)14(22)23-16(4,5)6/h7-12H2,1-6H3,(H3,17,18,19). The van der Waals surface area contributed by atoms with E-state index < -0.39 is 5.60 Å². The van der Waals surface area contributed by atoms with Crippen molar-refractivity contribution >= 4 is 12.1 Å². The second-order valence-corrected chi connectivity index (χ2v) is 7.95. The van der Waals surface area contributed by atoms with E-state index in [1.165, 1.54) is 0 Å². The molecular formula is C16H33N5O2. The molecule has 7 heteroatoms. The quantitative estimate of drug-likeness (QED) is 0.602. The number of aliphatic imine (C=N–C) groups is 1. The van der Waals surface area contributed by atoms with Crippen LogP contribution in [0.2, 0.25) is 0 Å². The molecule has 0 aromatic rings. The Morgan fingerprint density at radius 2 is 1.70 bits per heavy atom. The Morgan fingerprint density at radius 3 is 2.17 bits per heavy atom. The fourth-order valence-electron chi connectivity index (χ4n) is 2.22. The summed E-state index contributed by atoms with van der Waals surface area (Å²) in [6, 6.07) is 0. The molecule has 0 aromatic carbocycles. The molecule has 1 rings (SSSR count). The third kappa shape index (κ3) is 8.64. The summed E-state index contributed by atoms with van der Waals surface area (Å²) in [5, 5.41) is 3.14. The molecule has 23 heavy (non-hydrogen) atoms. The maximum Gasteiger partial charge on any atom is 0.410 e. The molecule has 1 aliphatic rings. The summed E-state index contributed by atoms with van der Waals surface area (Å²) in [4.78, 5) is 20.4. The van der Waals surface area contributed by atoms with Gasteiger partial charge in [-0.3, -0.25) is 9.89 Å². The smallest absolute Gasteiger partial charge is 0.410 e. The first-order valence-corrected chi connectivity index (χ1v) is 8.25. The zero-order valence-electron chi connectivity index (χ0n) is 15.5. The number of guanidine groups is 1. The highest BCUT2D eigenvalue weighted by Gasteiger charge is 2.25. The van der Waals surface area contributed by atoms with Crippen molar-refractivity contribution in [2.45, 2.75) is 52.7 Å². The lowest BCUT2D eigenvalue weighted by molar-refractivity contribution is 0.0148. The van der Waals surface area contributed by atoms with Gasteiger partial charge in [0, 0.05) is 38.3 Å². The zero-order chi connectivity index (χ0) is 17.7. The van der Waals surface area contributed by atoms with E-state index in [1.807, 2.05) is 41.5 Å². The molecule has 0 atom stereocenters. The molecule has 0 aromatic heterocycles. The fraction of sp³-hybridized carbons (Fsp3) is 0.875. The number of nitrogens with one attached hydrogen (secondary N) is 1. The van der Waals surface area contributed by atoms with E-state index in [9.17, 15) is 4.79 Å². The molecule has 3 N–H and O–H groups in total. The molecule has 1 aliphatic heterocycles. The molecule has 0 saturated carbocycles. The van der Waals surface area contributed by atoms with Gasteiger partial charge in [-0.15, -0.1) is 0 Å². The van der Waals surface area contributed by atoms with E-state index in [4.69, 9.17) is 10.5 Å². The highest BCUT2D eigenvalue weighted by Crippen LogP contribution is 2.11.